The Hall–Kier alpha value is -5.98. The van der Waals surface area contributed by atoms with Gasteiger partial charge in [-0.2, -0.15) is 0 Å². The van der Waals surface area contributed by atoms with Gasteiger partial charge in [-0.25, -0.2) is 19.6 Å². The Morgan fingerprint density at radius 2 is 1.17 bits per heavy atom. The fourth-order valence-electron chi connectivity index (χ4n) is 4.03. The number of pyridine rings is 2. The van der Waals surface area contributed by atoms with E-state index >= 15 is 0 Å². The van der Waals surface area contributed by atoms with Gasteiger partial charge in [0, 0.05) is 50.0 Å². The normalized spacial score (nSPS) is 10.8. The molecule has 4 amide bonds. The molecule has 6 N–H and O–H groups in total. The number of ether oxygens (including phenoxy) is 1. The Morgan fingerprint density at radius 3 is 1.61 bits per heavy atom. The molecule has 13 heteroatoms. The predicted molar refractivity (Wildman–Crippen MR) is 152 cm³/mol. The van der Waals surface area contributed by atoms with Crippen LogP contribution in [0.2, 0.25) is 0 Å². The van der Waals surface area contributed by atoms with Gasteiger partial charge in [-0.05, 0) is 47.5 Å². The summed E-state index contributed by atoms with van der Waals surface area (Å²) < 4.78 is 6.04. The zero-order valence-electron chi connectivity index (χ0n) is 21.5. The maximum Gasteiger partial charge on any atom is 0.321 e. The van der Waals surface area contributed by atoms with Gasteiger partial charge in [-0.1, -0.05) is 12.1 Å². The molecule has 204 valence electrons. The van der Waals surface area contributed by atoms with Crippen molar-refractivity contribution in [2.45, 2.75) is 13.1 Å². The average molecular weight is 549 g/mol. The molecular weight excluding hydrogens is 524 g/mol. The van der Waals surface area contributed by atoms with Crippen LogP contribution in [0.5, 0.6) is 11.5 Å². The van der Waals surface area contributed by atoms with Crippen molar-refractivity contribution in [2.75, 3.05) is 10.6 Å². The minimum Gasteiger partial charge on any atom is -0.457 e. The Balaban J connectivity index is 1.06. The molecule has 0 aliphatic heterocycles. The number of nitrogens with one attached hydrogen (secondary N) is 6. The summed E-state index contributed by atoms with van der Waals surface area (Å²) in [6.07, 6.45) is 6.73. The summed E-state index contributed by atoms with van der Waals surface area (Å²) in [5.41, 5.74) is 4.49. The summed E-state index contributed by atoms with van der Waals surface area (Å²) in [5.74, 6) is 1.76. The van der Waals surface area contributed by atoms with Crippen LogP contribution in [-0.4, -0.2) is 42.0 Å². The largest absolute Gasteiger partial charge is 0.457 e. The van der Waals surface area contributed by atoms with Crippen molar-refractivity contribution < 1.29 is 14.3 Å². The van der Waals surface area contributed by atoms with E-state index < -0.39 is 12.1 Å². The highest BCUT2D eigenvalue weighted by Gasteiger charge is 2.11. The molecule has 0 atom stereocenters. The first-order valence-corrected chi connectivity index (χ1v) is 12.6. The lowest BCUT2D eigenvalue weighted by atomic mass is 10.3. The van der Waals surface area contributed by atoms with Gasteiger partial charge in [-0.3, -0.25) is 20.6 Å². The van der Waals surface area contributed by atoms with E-state index in [0.29, 0.717) is 58.6 Å². The number of urea groups is 2. The molecule has 0 unspecified atom stereocenters. The molecule has 0 radical (unpaired) electrons. The second-order valence-electron chi connectivity index (χ2n) is 8.97. The lowest BCUT2D eigenvalue weighted by Gasteiger charge is -2.05. The van der Waals surface area contributed by atoms with E-state index in [-0.39, 0.29) is 0 Å². The van der Waals surface area contributed by atoms with Crippen molar-refractivity contribution >= 4 is 46.0 Å². The van der Waals surface area contributed by atoms with E-state index in [0.717, 1.165) is 11.1 Å². The molecule has 2 aromatic carbocycles. The minimum atomic E-state index is -0.392. The number of amides is 4. The number of nitrogens with zero attached hydrogens (tertiary/aromatic N) is 4. The second kappa shape index (κ2) is 11.4. The van der Waals surface area contributed by atoms with Crippen molar-refractivity contribution in [3.05, 3.63) is 96.6 Å². The van der Waals surface area contributed by atoms with Gasteiger partial charge in [0.1, 0.15) is 11.5 Å². The van der Waals surface area contributed by atoms with Crippen LogP contribution in [0, 0.1) is 0 Å². The molecule has 0 saturated heterocycles. The summed E-state index contributed by atoms with van der Waals surface area (Å²) in [6, 6.07) is 17.3. The van der Waals surface area contributed by atoms with E-state index in [4.69, 9.17) is 4.74 Å². The Morgan fingerprint density at radius 1 is 0.683 bits per heavy atom. The molecule has 13 nitrogen and oxygen atoms in total. The summed E-state index contributed by atoms with van der Waals surface area (Å²) in [4.78, 5) is 47.6. The number of H-pyrrole nitrogens is 2. The molecule has 0 fully saturated rings. The maximum absolute atomic E-state index is 12.3. The van der Waals surface area contributed by atoms with Gasteiger partial charge in [0.25, 0.3) is 0 Å². The second-order valence-corrected chi connectivity index (χ2v) is 8.97. The number of anilines is 2. The van der Waals surface area contributed by atoms with Crippen LogP contribution in [0.15, 0.2) is 85.5 Å². The van der Waals surface area contributed by atoms with Crippen molar-refractivity contribution in [3.63, 3.8) is 0 Å². The molecule has 4 heterocycles. The van der Waals surface area contributed by atoms with E-state index in [1.165, 1.54) is 0 Å². The first kappa shape index (κ1) is 25.3. The monoisotopic (exact) mass is 548 g/mol. The first-order chi connectivity index (χ1) is 20.1. The van der Waals surface area contributed by atoms with Crippen LogP contribution in [0.3, 0.4) is 0 Å². The molecule has 6 rings (SSSR count). The summed E-state index contributed by atoms with van der Waals surface area (Å²) in [6.45, 7) is 0.686. The van der Waals surface area contributed by atoms with Gasteiger partial charge in [-0.15, -0.1) is 0 Å². The predicted octanol–water partition coefficient (Wildman–Crippen LogP) is 4.66. The fraction of sp³-hybridized carbons (Fsp3) is 0.0714. The zero-order chi connectivity index (χ0) is 28.0. The Kier molecular flexibility index (Phi) is 7.04. The van der Waals surface area contributed by atoms with Gasteiger partial charge in [0.05, 0.1) is 22.1 Å². The summed E-state index contributed by atoms with van der Waals surface area (Å²) in [7, 11) is 0. The number of benzene rings is 2. The highest BCUT2D eigenvalue weighted by Crippen LogP contribution is 2.28. The molecule has 4 aromatic heterocycles. The van der Waals surface area contributed by atoms with Crippen LogP contribution in [0.1, 0.15) is 11.1 Å². The first-order valence-electron chi connectivity index (χ1n) is 12.6. The number of rotatable bonds is 8. The maximum atomic E-state index is 12.3. The smallest absolute Gasteiger partial charge is 0.321 e. The average Bonchev–Trinajstić information content (AvgIpc) is 3.58. The van der Waals surface area contributed by atoms with Crippen molar-refractivity contribution in [1.82, 2.24) is 40.5 Å². The molecular formula is C28H24N10O3. The minimum absolute atomic E-state index is 0.309. The van der Waals surface area contributed by atoms with Gasteiger partial charge >= 0.3 is 12.1 Å². The number of carbonyl (C=O) groups is 2. The van der Waals surface area contributed by atoms with Crippen molar-refractivity contribution in [1.29, 1.82) is 0 Å². The summed E-state index contributed by atoms with van der Waals surface area (Å²) in [5, 5.41) is 10.9. The molecule has 6 aromatic rings. The molecule has 0 bridgehead atoms. The SMILES string of the molecule is O=C(NCc1cccnc1)Nc1nc2ccc(Oc3ccc4nc(NC(=O)NCc5cccnc5)[nH]c4c3)cc2[nH]1. The van der Waals surface area contributed by atoms with E-state index in [1.807, 2.05) is 24.3 Å². The number of aromatic nitrogens is 6. The number of hydrogen-bond acceptors (Lipinski definition) is 7. The van der Waals surface area contributed by atoms with Crippen LogP contribution in [0.25, 0.3) is 22.1 Å². The molecule has 0 aliphatic carbocycles. The number of hydrogen-bond donors (Lipinski definition) is 6. The molecule has 0 spiro atoms. The quantitative estimate of drug-likeness (QED) is 0.160. The van der Waals surface area contributed by atoms with E-state index in [1.54, 1.807) is 61.2 Å². The van der Waals surface area contributed by atoms with E-state index in [9.17, 15) is 9.59 Å². The third kappa shape index (κ3) is 6.37. The Labute approximate surface area is 232 Å². The zero-order valence-corrected chi connectivity index (χ0v) is 21.5. The number of aromatic amines is 2. The molecule has 0 aliphatic rings. The van der Waals surface area contributed by atoms with Crippen LogP contribution in [0.4, 0.5) is 21.5 Å². The van der Waals surface area contributed by atoms with Crippen LogP contribution in [-0.2, 0) is 13.1 Å². The Bertz CT molecular complexity index is 1690. The van der Waals surface area contributed by atoms with Gasteiger partial charge in [0.2, 0.25) is 11.9 Å². The topological polar surface area (TPSA) is 175 Å². The molecule has 0 saturated carbocycles. The van der Waals surface area contributed by atoms with Crippen LogP contribution < -0.4 is 26.0 Å². The fourth-order valence-corrected chi connectivity index (χ4v) is 4.03. The summed E-state index contributed by atoms with van der Waals surface area (Å²) >= 11 is 0. The van der Waals surface area contributed by atoms with Crippen LogP contribution >= 0.6 is 0 Å². The number of fused-ring (bicyclic) bond motifs is 2. The van der Waals surface area contributed by atoms with Gasteiger partial charge in [0.15, 0.2) is 0 Å². The lowest BCUT2D eigenvalue weighted by Crippen LogP contribution is -2.28. The highest BCUT2D eigenvalue weighted by atomic mass is 16.5. The standard InChI is InChI=1S/C28H24N10O3/c39-27(31-15-17-3-1-9-29-13-17)37-25-33-21-7-5-19(11-23(21)35-25)41-20-6-8-22-24(12-20)36-26(34-22)38-28(40)32-16-18-4-2-10-30-14-18/h1-14H,15-16H2,(H3,31,33,35,37,39)(H3,32,34,36,38,40). The number of carbonyl (C=O) groups excluding carboxylic acids is 2. The molecule has 41 heavy (non-hydrogen) atoms. The van der Waals surface area contributed by atoms with E-state index in [2.05, 4.69) is 51.2 Å². The third-order valence-corrected chi connectivity index (χ3v) is 5.96. The third-order valence-electron chi connectivity index (χ3n) is 5.96. The highest BCUT2D eigenvalue weighted by molar-refractivity contribution is 5.91. The van der Waals surface area contributed by atoms with Crippen molar-refractivity contribution in [3.8, 4) is 11.5 Å². The number of imidazole rings is 2. The van der Waals surface area contributed by atoms with Crippen molar-refractivity contribution in [2.24, 2.45) is 0 Å². The van der Waals surface area contributed by atoms with Gasteiger partial charge < -0.3 is 25.3 Å². The lowest BCUT2D eigenvalue weighted by molar-refractivity contribution is 0.250.